The van der Waals surface area contributed by atoms with Gasteiger partial charge in [0.15, 0.2) is 0 Å². The number of hydrogen-bond donors (Lipinski definition) is 1. The van der Waals surface area contributed by atoms with Crippen LogP contribution < -0.4 is 0 Å². The number of carbonyl (C=O) groups excluding carboxylic acids is 1. The molecule has 0 amide bonds. The van der Waals surface area contributed by atoms with E-state index in [0.717, 1.165) is 0 Å². The Hall–Kier alpha value is -0.125. The maximum absolute atomic E-state index is 10.6. The fourth-order valence-corrected chi connectivity index (χ4v) is 0.462. The summed E-state index contributed by atoms with van der Waals surface area (Å²) in [4.78, 5) is 20.7. The van der Waals surface area contributed by atoms with Gasteiger partial charge in [0.05, 0.1) is 13.0 Å². The van der Waals surface area contributed by atoms with Crippen molar-refractivity contribution in [3.8, 4) is 0 Å². The number of carboxylic acid groups (broad SMARTS) is 1. The van der Waals surface area contributed by atoms with Gasteiger partial charge in [-0.2, -0.15) is 0 Å². The van der Waals surface area contributed by atoms with Gasteiger partial charge in [-0.05, 0) is 6.92 Å². The van der Waals surface area contributed by atoms with Crippen LogP contribution in [0.2, 0.25) is 0 Å². The number of esters is 1. The van der Waals surface area contributed by atoms with Crippen LogP contribution in [0.25, 0.3) is 0 Å². The molecule has 0 aromatic carbocycles. The standard InChI is InChI=1S/C7H10O4.La/c1-3-11-6(8)4-5(2)7(9)10;/h2-4H2,1H3,(H,9,10);. The minimum atomic E-state index is -1.17. The third-order valence-electron chi connectivity index (χ3n) is 0.966. The summed E-state index contributed by atoms with van der Waals surface area (Å²) in [5.74, 6) is -1.72. The summed E-state index contributed by atoms with van der Waals surface area (Å²) in [6, 6.07) is 0. The molecule has 0 bridgehead atoms. The Kier molecular flexibility index (Phi) is 9.03. The maximum Gasteiger partial charge on any atom is 0.331 e. The van der Waals surface area contributed by atoms with Crippen molar-refractivity contribution >= 4 is 11.9 Å². The van der Waals surface area contributed by atoms with Gasteiger partial charge in [-0.1, -0.05) is 6.58 Å². The second-order valence-corrected chi connectivity index (χ2v) is 1.89. The predicted molar refractivity (Wildman–Crippen MR) is 38.0 cm³/mol. The third kappa shape index (κ3) is 6.58. The van der Waals surface area contributed by atoms with Crippen molar-refractivity contribution in [1.82, 2.24) is 0 Å². The van der Waals surface area contributed by atoms with Crippen molar-refractivity contribution in [2.24, 2.45) is 0 Å². The second-order valence-electron chi connectivity index (χ2n) is 1.89. The van der Waals surface area contributed by atoms with Crippen molar-refractivity contribution in [2.75, 3.05) is 6.61 Å². The molecule has 65 valence electrons. The van der Waals surface area contributed by atoms with Gasteiger partial charge in [0.1, 0.15) is 0 Å². The molecule has 0 atom stereocenters. The molecule has 0 aliphatic carbocycles. The van der Waals surface area contributed by atoms with Crippen LogP contribution >= 0.6 is 0 Å². The van der Waals surface area contributed by atoms with E-state index in [4.69, 9.17) is 5.11 Å². The average molecular weight is 297 g/mol. The number of aliphatic carboxylic acids is 1. The molecule has 0 aliphatic rings. The topological polar surface area (TPSA) is 63.6 Å². The quantitative estimate of drug-likeness (QED) is 0.609. The van der Waals surface area contributed by atoms with E-state index in [-0.39, 0.29) is 54.2 Å². The molecule has 0 aromatic heterocycles. The van der Waals surface area contributed by atoms with Gasteiger partial charge in [-0.25, -0.2) is 4.79 Å². The summed E-state index contributed by atoms with van der Waals surface area (Å²) >= 11 is 0. The van der Waals surface area contributed by atoms with Gasteiger partial charge in [-0.3, -0.25) is 4.79 Å². The van der Waals surface area contributed by atoms with Crippen LogP contribution in [0.15, 0.2) is 12.2 Å². The Morgan fingerprint density at radius 2 is 2.00 bits per heavy atom. The molecule has 0 saturated carbocycles. The zero-order valence-electron chi connectivity index (χ0n) is 6.87. The third-order valence-corrected chi connectivity index (χ3v) is 0.966. The Labute approximate surface area is 98.6 Å². The van der Waals surface area contributed by atoms with Gasteiger partial charge in [-0.15, -0.1) is 0 Å². The molecule has 1 N–H and O–H groups in total. The predicted octanol–water partition coefficient (Wildman–Crippen LogP) is 0.580. The Morgan fingerprint density at radius 3 is 2.33 bits per heavy atom. The van der Waals surface area contributed by atoms with Gasteiger partial charge in [0.2, 0.25) is 0 Å². The maximum atomic E-state index is 10.6. The number of carboxylic acids is 1. The van der Waals surface area contributed by atoms with E-state index < -0.39 is 11.9 Å². The molecule has 0 saturated heterocycles. The molecule has 0 aromatic rings. The Morgan fingerprint density at radius 1 is 1.50 bits per heavy atom. The summed E-state index contributed by atoms with van der Waals surface area (Å²) in [7, 11) is 0. The van der Waals surface area contributed by atoms with E-state index in [0.29, 0.717) is 0 Å². The van der Waals surface area contributed by atoms with Gasteiger partial charge < -0.3 is 9.84 Å². The van der Waals surface area contributed by atoms with Crippen LogP contribution in [0.5, 0.6) is 0 Å². The smallest absolute Gasteiger partial charge is 0.331 e. The number of rotatable bonds is 4. The normalized spacial score (nSPS) is 8.08. The van der Waals surface area contributed by atoms with Crippen molar-refractivity contribution in [1.29, 1.82) is 0 Å². The van der Waals surface area contributed by atoms with Gasteiger partial charge in [0.25, 0.3) is 0 Å². The molecule has 1 radical (unpaired) electrons. The summed E-state index contributed by atoms with van der Waals surface area (Å²) in [6.45, 7) is 5.09. The molecule has 5 heteroatoms. The molecular weight excluding hydrogens is 287 g/mol. The minimum absolute atomic E-state index is 0. The van der Waals surface area contributed by atoms with E-state index in [1.165, 1.54) is 0 Å². The van der Waals surface area contributed by atoms with Crippen molar-refractivity contribution < 1.29 is 55.0 Å². The molecule has 0 rings (SSSR count). The Bertz CT molecular complexity index is 188. The first-order valence-corrected chi connectivity index (χ1v) is 3.14. The van der Waals surface area contributed by atoms with Crippen LogP contribution in [-0.2, 0) is 14.3 Å². The molecule has 0 heterocycles. The molecule has 12 heavy (non-hydrogen) atoms. The zero-order valence-corrected chi connectivity index (χ0v) is 10.5. The van der Waals surface area contributed by atoms with Crippen molar-refractivity contribution in [2.45, 2.75) is 13.3 Å². The van der Waals surface area contributed by atoms with Gasteiger partial charge >= 0.3 is 11.9 Å². The number of ether oxygens (including phenoxy) is 1. The largest absolute Gasteiger partial charge is 0.478 e. The van der Waals surface area contributed by atoms with Crippen LogP contribution in [0.1, 0.15) is 13.3 Å². The first-order valence-electron chi connectivity index (χ1n) is 3.14. The molecule has 0 unspecified atom stereocenters. The van der Waals surface area contributed by atoms with Crippen LogP contribution in [0, 0.1) is 35.6 Å². The fraction of sp³-hybridized carbons (Fsp3) is 0.429. The van der Waals surface area contributed by atoms with Crippen molar-refractivity contribution in [3.05, 3.63) is 12.2 Å². The first-order chi connectivity index (χ1) is 5.07. The fourth-order valence-electron chi connectivity index (χ4n) is 0.462. The van der Waals surface area contributed by atoms with E-state index >= 15 is 0 Å². The molecular formula is C7H10LaO4. The Balaban J connectivity index is 0. The zero-order chi connectivity index (χ0) is 8.85. The molecule has 4 nitrogen and oxygen atoms in total. The van der Waals surface area contributed by atoms with Crippen LogP contribution in [0.3, 0.4) is 0 Å². The first kappa shape index (κ1) is 14.4. The SMILES string of the molecule is C=C(CC(=O)OCC)C(=O)O.[La]. The van der Waals surface area contributed by atoms with Crippen LogP contribution in [0.4, 0.5) is 0 Å². The summed E-state index contributed by atoms with van der Waals surface area (Å²) in [5, 5.41) is 8.29. The minimum Gasteiger partial charge on any atom is -0.478 e. The molecule has 0 aliphatic heterocycles. The second kappa shape index (κ2) is 7.52. The van der Waals surface area contributed by atoms with Gasteiger partial charge in [0, 0.05) is 41.2 Å². The molecule has 0 fully saturated rings. The number of carbonyl (C=O) groups is 2. The van der Waals surface area contributed by atoms with E-state index in [1.54, 1.807) is 6.92 Å². The van der Waals surface area contributed by atoms with Crippen LogP contribution in [-0.4, -0.2) is 23.7 Å². The summed E-state index contributed by atoms with van der Waals surface area (Å²) in [6.07, 6.45) is -0.247. The average Bonchev–Trinajstić information content (AvgIpc) is 1.87. The van der Waals surface area contributed by atoms with E-state index in [9.17, 15) is 9.59 Å². The monoisotopic (exact) mass is 297 g/mol. The number of hydrogen-bond acceptors (Lipinski definition) is 3. The van der Waals surface area contributed by atoms with E-state index in [1.807, 2.05) is 0 Å². The molecule has 0 spiro atoms. The summed E-state index contributed by atoms with van der Waals surface area (Å²) < 4.78 is 4.50. The van der Waals surface area contributed by atoms with Crippen molar-refractivity contribution in [3.63, 3.8) is 0 Å². The van der Waals surface area contributed by atoms with E-state index in [2.05, 4.69) is 11.3 Å². The summed E-state index contributed by atoms with van der Waals surface area (Å²) in [5.41, 5.74) is -0.150.